The van der Waals surface area contributed by atoms with Crippen molar-refractivity contribution < 1.29 is 36.8 Å². The summed E-state index contributed by atoms with van der Waals surface area (Å²) in [5, 5.41) is 13.6. The van der Waals surface area contributed by atoms with E-state index >= 15 is 0 Å². The third kappa shape index (κ3) is 11.1. The maximum absolute atomic E-state index is 13.5. The lowest BCUT2D eigenvalue weighted by Gasteiger charge is -2.26. The third-order valence-electron chi connectivity index (χ3n) is 9.63. The molecular formula is C42H50N7O8S2+. The molecule has 2 heterocycles. The number of hydrogen-bond acceptors (Lipinski definition) is 12. The molecule has 4 aromatic carbocycles. The number of fused-ring (bicyclic) bond motifs is 1. The maximum Gasteiger partial charge on any atom is 0.323 e. The average Bonchev–Trinajstić information content (AvgIpc) is 3.19. The Balaban J connectivity index is 1.13. The monoisotopic (exact) mass is 844 g/mol. The standard InChI is InChI=1S/C42H49N7O8S2/c1-42(2,3)27-23-34(39(56-5)35(24-27)48-58(6)52)47-41(51)46-33-13-14-36(31-10-8-7-9-30(31)33)57-29-15-16-43-38(26-29)45-28-11-12-32(37(25-28)55-4)40(50)44-17-18-49-19-21-59(53,54)22-20-49/h7-16,23-26,48,52H,17-22H2,1-6H3,(H3-,43,44,45,46,47,50,51)/p+1. The minimum atomic E-state index is -2.97. The van der Waals surface area contributed by atoms with Gasteiger partial charge in [-0.15, -0.1) is 0 Å². The molecule has 6 N–H and O–H groups in total. The smallest absolute Gasteiger partial charge is 0.323 e. The van der Waals surface area contributed by atoms with Crippen molar-refractivity contribution in [3.8, 4) is 23.0 Å². The van der Waals surface area contributed by atoms with Crippen LogP contribution >= 0.6 is 0 Å². The number of nitrogens with one attached hydrogen (secondary N) is 5. The fourth-order valence-corrected chi connectivity index (χ4v) is 8.27. The van der Waals surface area contributed by atoms with Crippen LogP contribution in [0.5, 0.6) is 23.0 Å². The van der Waals surface area contributed by atoms with Gasteiger partial charge in [0.15, 0.2) is 21.8 Å². The molecule has 1 aliphatic heterocycles. The van der Waals surface area contributed by atoms with Gasteiger partial charge in [0.05, 0.1) is 42.7 Å². The predicted octanol–water partition coefficient (Wildman–Crippen LogP) is 7.24. The summed E-state index contributed by atoms with van der Waals surface area (Å²) in [7, 11) is 0.0349. The Hall–Kier alpha value is -5.75. The zero-order valence-electron chi connectivity index (χ0n) is 33.8. The van der Waals surface area contributed by atoms with E-state index in [1.807, 2.05) is 41.3 Å². The first kappa shape index (κ1) is 42.8. The normalized spacial score (nSPS) is 14.5. The highest BCUT2D eigenvalue weighted by Gasteiger charge is 2.25. The van der Waals surface area contributed by atoms with E-state index < -0.39 is 27.2 Å². The number of aromatic nitrogens is 1. The van der Waals surface area contributed by atoms with E-state index in [-0.39, 0.29) is 22.8 Å². The zero-order valence-corrected chi connectivity index (χ0v) is 35.5. The van der Waals surface area contributed by atoms with Gasteiger partial charge >= 0.3 is 6.03 Å². The molecule has 3 amide bonds. The summed E-state index contributed by atoms with van der Waals surface area (Å²) in [4.78, 5) is 33.0. The second kappa shape index (κ2) is 18.4. The number of anilines is 5. The fraction of sp³-hybridized carbons (Fsp3) is 0.310. The molecule has 1 atom stereocenters. The van der Waals surface area contributed by atoms with Crippen molar-refractivity contribution in [2.45, 2.75) is 26.2 Å². The zero-order chi connectivity index (χ0) is 42.3. The third-order valence-corrected chi connectivity index (χ3v) is 11.8. The first-order valence-corrected chi connectivity index (χ1v) is 22.3. The lowest BCUT2D eigenvalue weighted by atomic mass is 9.86. The van der Waals surface area contributed by atoms with Crippen LogP contribution in [0.3, 0.4) is 0 Å². The number of nitrogens with zero attached hydrogens (tertiary/aromatic N) is 2. The summed E-state index contributed by atoms with van der Waals surface area (Å²) < 4.78 is 54.1. The summed E-state index contributed by atoms with van der Waals surface area (Å²) in [6.45, 7) is 8.03. The Bertz CT molecular complexity index is 2430. The minimum Gasteiger partial charge on any atom is -0.496 e. The van der Waals surface area contributed by atoms with Crippen molar-refractivity contribution in [1.82, 2.24) is 15.2 Å². The van der Waals surface area contributed by atoms with Gasteiger partial charge in [-0.3, -0.25) is 9.69 Å². The van der Waals surface area contributed by atoms with Gasteiger partial charge in [-0.2, -0.15) is 9.27 Å². The van der Waals surface area contributed by atoms with Crippen LogP contribution in [-0.2, 0) is 26.6 Å². The Morgan fingerprint density at radius 2 is 1.58 bits per heavy atom. The molecule has 0 aliphatic carbocycles. The topological polar surface area (TPSA) is 192 Å². The molecule has 1 fully saturated rings. The predicted molar refractivity (Wildman–Crippen MR) is 236 cm³/mol. The van der Waals surface area contributed by atoms with Crippen molar-refractivity contribution in [3.63, 3.8) is 0 Å². The van der Waals surface area contributed by atoms with Crippen molar-refractivity contribution in [1.29, 1.82) is 0 Å². The second-order valence-corrected chi connectivity index (χ2v) is 18.4. The summed E-state index contributed by atoms with van der Waals surface area (Å²) in [5.41, 5.74) is 3.25. The van der Waals surface area contributed by atoms with E-state index in [9.17, 15) is 22.6 Å². The number of hydrogen-bond donors (Lipinski definition) is 6. The number of pyridine rings is 1. The molecule has 1 unspecified atom stereocenters. The first-order chi connectivity index (χ1) is 28.1. The van der Waals surface area contributed by atoms with Crippen LogP contribution in [0, 0.1) is 0 Å². The number of sulfone groups is 1. The molecule has 0 saturated carbocycles. The number of rotatable bonds is 14. The van der Waals surface area contributed by atoms with Crippen LogP contribution in [-0.4, -0.2) is 93.0 Å². The number of ether oxygens (including phenoxy) is 3. The van der Waals surface area contributed by atoms with Crippen LogP contribution in [0.25, 0.3) is 10.8 Å². The maximum atomic E-state index is 13.5. The molecule has 1 aromatic heterocycles. The van der Waals surface area contributed by atoms with Crippen LogP contribution in [0.2, 0.25) is 0 Å². The molecule has 59 heavy (non-hydrogen) atoms. The molecule has 17 heteroatoms. The Morgan fingerprint density at radius 1 is 0.864 bits per heavy atom. The van der Waals surface area contributed by atoms with Gasteiger partial charge in [-0.05, 0) is 53.4 Å². The molecule has 5 aromatic rings. The average molecular weight is 845 g/mol. The molecular weight excluding hydrogens is 795 g/mol. The van der Waals surface area contributed by atoms with Gasteiger partial charge in [-0.25, -0.2) is 18.2 Å². The summed E-state index contributed by atoms with van der Waals surface area (Å²) in [5.74, 6) is 2.28. The van der Waals surface area contributed by atoms with E-state index in [0.717, 1.165) is 16.3 Å². The summed E-state index contributed by atoms with van der Waals surface area (Å²) in [6.07, 6.45) is 3.25. The van der Waals surface area contributed by atoms with Gasteiger partial charge in [0.1, 0.15) is 28.8 Å². The lowest BCUT2D eigenvalue weighted by Crippen LogP contribution is -2.43. The summed E-state index contributed by atoms with van der Waals surface area (Å²) >= 11 is -1.12. The van der Waals surface area contributed by atoms with E-state index in [1.54, 1.807) is 54.9 Å². The number of urea groups is 1. The van der Waals surface area contributed by atoms with Gasteiger partial charge in [0.25, 0.3) is 17.3 Å². The number of carbonyl (C=O) groups excluding carboxylic acids is 2. The van der Waals surface area contributed by atoms with Crippen molar-refractivity contribution >= 4 is 72.5 Å². The minimum absolute atomic E-state index is 0.134. The molecule has 15 nitrogen and oxygen atoms in total. The Kier molecular flexibility index (Phi) is 13.4. The van der Waals surface area contributed by atoms with Gasteiger partial charge in [-0.1, -0.05) is 45.0 Å². The van der Waals surface area contributed by atoms with E-state index in [0.29, 0.717) is 83.3 Å². The van der Waals surface area contributed by atoms with E-state index in [2.05, 4.69) is 51.7 Å². The number of amides is 3. The quantitative estimate of drug-likeness (QED) is 0.0616. The highest BCUT2D eigenvalue weighted by Crippen LogP contribution is 2.40. The Labute approximate surface area is 347 Å². The van der Waals surface area contributed by atoms with Gasteiger partial charge in [0, 0.05) is 61.0 Å². The highest BCUT2D eigenvalue weighted by atomic mass is 32.2. The van der Waals surface area contributed by atoms with E-state index in [1.165, 1.54) is 14.2 Å². The van der Waals surface area contributed by atoms with Gasteiger partial charge < -0.3 is 35.5 Å². The highest BCUT2D eigenvalue weighted by molar-refractivity contribution is 7.92. The van der Waals surface area contributed by atoms with Crippen LogP contribution < -0.4 is 40.2 Å². The van der Waals surface area contributed by atoms with Crippen LogP contribution in [0.15, 0.2) is 85.1 Å². The summed E-state index contributed by atoms with van der Waals surface area (Å²) in [6, 6.07) is 23.0. The first-order valence-electron chi connectivity index (χ1n) is 18.9. The second-order valence-electron chi connectivity index (χ2n) is 14.9. The Morgan fingerprint density at radius 3 is 2.27 bits per heavy atom. The number of methoxy groups -OCH3 is 2. The largest absolute Gasteiger partial charge is 0.496 e. The molecule has 0 bridgehead atoms. The molecule has 1 aliphatic rings. The lowest BCUT2D eigenvalue weighted by molar-refractivity contribution is 0.0945. The van der Waals surface area contributed by atoms with Crippen molar-refractivity contribution in [2.75, 3.05) is 78.8 Å². The van der Waals surface area contributed by atoms with E-state index in [4.69, 9.17) is 14.2 Å². The fourth-order valence-electron chi connectivity index (χ4n) is 6.53. The van der Waals surface area contributed by atoms with Crippen LogP contribution in [0.1, 0.15) is 36.7 Å². The molecule has 6 rings (SSSR count). The number of carbonyl (C=O) groups is 2. The van der Waals surface area contributed by atoms with Crippen molar-refractivity contribution in [3.05, 3.63) is 96.2 Å². The number of benzene rings is 4. The molecule has 312 valence electrons. The van der Waals surface area contributed by atoms with Crippen LogP contribution in [0.4, 0.5) is 33.4 Å². The molecule has 0 radical (unpaired) electrons. The molecule has 1 saturated heterocycles. The van der Waals surface area contributed by atoms with Gasteiger partial charge in [0.2, 0.25) is 0 Å². The SMILES string of the molecule is COc1cc(Nc2cc(Oc3ccc(NC(=O)Nc4cc(C(C)(C)C)cc(N[S+](C)O)c4OC)c4ccccc34)ccn2)ccc1C(=O)NCCN1CCS(=O)(=O)CC1. The molecule has 0 spiro atoms. The van der Waals surface area contributed by atoms with Crippen molar-refractivity contribution in [2.24, 2.45) is 0 Å².